The molecule has 0 aliphatic carbocycles. The number of hydrogen-bond donors (Lipinski definition) is 2. The van der Waals surface area contributed by atoms with Gasteiger partial charge in [0.15, 0.2) is 6.61 Å². The van der Waals surface area contributed by atoms with Gasteiger partial charge < -0.3 is 15.2 Å². The van der Waals surface area contributed by atoms with Crippen LogP contribution in [0.2, 0.25) is 0 Å². The molecular weight excluding hydrogens is 324 g/mol. The minimum Gasteiger partial charge on any atom is -0.506 e. The van der Waals surface area contributed by atoms with Crippen LogP contribution in [0.15, 0.2) is 42.5 Å². The first-order valence-electron chi connectivity index (χ1n) is 7.90. The molecule has 1 unspecified atom stereocenters. The molecule has 2 aromatic rings. The predicted octanol–water partition coefficient (Wildman–Crippen LogP) is 3.83. The third kappa shape index (κ3) is 4.94. The maximum absolute atomic E-state index is 11.9. The number of carbonyl (C=O) groups is 1. The van der Waals surface area contributed by atoms with E-state index >= 15 is 0 Å². The Morgan fingerprint density at radius 1 is 1.28 bits per heavy atom. The number of aromatic hydroxyl groups is 1. The van der Waals surface area contributed by atoms with Gasteiger partial charge in [-0.15, -0.1) is 0 Å². The third-order valence-corrected chi connectivity index (χ3v) is 3.90. The van der Waals surface area contributed by atoms with Gasteiger partial charge in [-0.3, -0.25) is 14.9 Å². The van der Waals surface area contributed by atoms with Gasteiger partial charge in [0.25, 0.3) is 11.6 Å². The second kappa shape index (κ2) is 8.14. The first-order valence-corrected chi connectivity index (χ1v) is 7.90. The Bertz CT molecular complexity index is 759. The van der Waals surface area contributed by atoms with Crippen LogP contribution in [0.5, 0.6) is 11.5 Å². The summed E-state index contributed by atoms with van der Waals surface area (Å²) in [5, 5.41) is 22.8. The molecule has 0 bridgehead atoms. The second-order valence-electron chi connectivity index (χ2n) is 5.67. The van der Waals surface area contributed by atoms with Crippen molar-refractivity contribution in [3.8, 4) is 11.5 Å². The van der Waals surface area contributed by atoms with E-state index in [-0.39, 0.29) is 23.7 Å². The summed E-state index contributed by atoms with van der Waals surface area (Å²) in [5.41, 5.74) is 0.936. The molecule has 0 saturated carbocycles. The van der Waals surface area contributed by atoms with Gasteiger partial charge >= 0.3 is 0 Å². The zero-order valence-corrected chi connectivity index (χ0v) is 14.1. The molecule has 1 amide bonds. The first kappa shape index (κ1) is 18.3. The van der Waals surface area contributed by atoms with Crippen molar-refractivity contribution in [1.29, 1.82) is 0 Å². The van der Waals surface area contributed by atoms with Crippen LogP contribution in [0, 0.1) is 10.1 Å². The predicted molar refractivity (Wildman–Crippen MR) is 94.0 cm³/mol. The van der Waals surface area contributed by atoms with Crippen molar-refractivity contribution in [2.45, 2.75) is 26.2 Å². The quantitative estimate of drug-likeness (QED) is 0.451. The van der Waals surface area contributed by atoms with E-state index < -0.39 is 10.8 Å². The van der Waals surface area contributed by atoms with E-state index in [9.17, 15) is 20.0 Å². The monoisotopic (exact) mass is 344 g/mol. The number of nitrogens with one attached hydrogen (secondary N) is 1. The Hall–Kier alpha value is -3.09. The molecule has 7 nitrogen and oxygen atoms in total. The SMILES string of the molecule is CCC(C)c1ccc(OCC(=O)Nc2cc([N+](=O)[O-])ccc2O)cc1. The Morgan fingerprint density at radius 2 is 1.96 bits per heavy atom. The lowest BCUT2D eigenvalue weighted by atomic mass is 9.99. The van der Waals surface area contributed by atoms with Crippen molar-refractivity contribution in [1.82, 2.24) is 0 Å². The maximum atomic E-state index is 11.9. The molecule has 0 spiro atoms. The smallest absolute Gasteiger partial charge is 0.271 e. The lowest BCUT2D eigenvalue weighted by molar-refractivity contribution is -0.384. The van der Waals surface area contributed by atoms with E-state index in [1.54, 1.807) is 12.1 Å². The molecule has 7 heteroatoms. The van der Waals surface area contributed by atoms with Crippen LogP contribution in [0.3, 0.4) is 0 Å². The molecule has 0 aliphatic rings. The van der Waals surface area contributed by atoms with Crippen LogP contribution in [-0.4, -0.2) is 22.5 Å². The van der Waals surface area contributed by atoms with Gasteiger partial charge in [0, 0.05) is 12.1 Å². The molecule has 0 saturated heterocycles. The molecule has 0 heterocycles. The highest BCUT2D eigenvalue weighted by Gasteiger charge is 2.13. The van der Waals surface area contributed by atoms with Crippen molar-refractivity contribution in [3.05, 3.63) is 58.1 Å². The summed E-state index contributed by atoms with van der Waals surface area (Å²) in [4.78, 5) is 22.1. The highest BCUT2D eigenvalue weighted by Crippen LogP contribution is 2.27. The summed E-state index contributed by atoms with van der Waals surface area (Å²) in [6.07, 6.45) is 1.04. The highest BCUT2D eigenvalue weighted by atomic mass is 16.6. The molecule has 2 rings (SSSR count). The van der Waals surface area contributed by atoms with Crippen molar-refractivity contribution >= 4 is 17.3 Å². The largest absolute Gasteiger partial charge is 0.506 e. The van der Waals surface area contributed by atoms with Crippen molar-refractivity contribution in [2.75, 3.05) is 11.9 Å². The zero-order valence-electron chi connectivity index (χ0n) is 14.1. The number of amides is 1. The van der Waals surface area contributed by atoms with Gasteiger partial charge in [-0.05, 0) is 36.1 Å². The van der Waals surface area contributed by atoms with E-state index in [2.05, 4.69) is 19.2 Å². The summed E-state index contributed by atoms with van der Waals surface area (Å²) >= 11 is 0. The Morgan fingerprint density at radius 3 is 2.56 bits per heavy atom. The third-order valence-electron chi connectivity index (χ3n) is 3.90. The van der Waals surface area contributed by atoms with Crippen molar-refractivity contribution < 1.29 is 19.6 Å². The van der Waals surface area contributed by atoms with Crippen LogP contribution >= 0.6 is 0 Å². The standard InChI is InChI=1S/C18H20N2O5/c1-3-12(2)13-4-7-15(8-5-13)25-11-18(22)19-16-10-14(20(23)24)6-9-17(16)21/h4-10,12,21H,3,11H2,1-2H3,(H,19,22). The van der Waals surface area contributed by atoms with Crippen LogP contribution in [-0.2, 0) is 4.79 Å². The number of nitrogens with zero attached hydrogens (tertiary/aromatic N) is 1. The number of rotatable bonds is 7. The summed E-state index contributed by atoms with van der Waals surface area (Å²) in [6, 6.07) is 10.9. The van der Waals surface area contributed by atoms with Crippen LogP contribution in [0.4, 0.5) is 11.4 Å². The van der Waals surface area contributed by atoms with E-state index in [0.717, 1.165) is 24.6 Å². The normalized spacial score (nSPS) is 11.6. The number of carbonyl (C=O) groups excluding carboxylic acids is 1. The lowest BCUT2D eigenvalue weighted by Crippen LogP contribution is -2.20. The number of nitro benzene ring substituents is 1. The van der Waals surface area contributed by atoms with Crippen molar-refractivity contribution in [2.24, 2.45) is 0 Å². The van der Waals surface area contributed by atoms with Crippen LogP contribution in [0.25, 0.3) is 0 Å². The van der Waals surface area contributed by atoms with E-state index in [4.69, 9.17) is 4.74 Å². The van der Waals surface area contributed by atoms with Crippen molar-refractivity contribution in [3.63, 3.8) is 0 Å². The highest BCUT2D eigenvalue weighted by molar-refractivity contribution is 5.93. The van der Waals surface area contributed by atoms with Crippen LogP contribution in [0.1, 0.15) is 31.7 Å². The summed E-state index contributed by atoms with van der Waals surface area (Å²) in [5.74, 6) is 0.221. The fourth-order valence-corrected chi connectivity index (χ4v) is 2.20. The number of benzene rings is 2. The number of phenols is 1. The summed E-state index contributed by atoms with van der Waals surface area (Å²) in [6.45, 7) is 3.97. The van der Waals surface area contributed by atoms with Gasteiger partial charge in [0.2, 0.25) is 0 Å². The summed E-state index contributed by atoms with van der Waals surface area (Å²) in [7, 11) is 0. The number of nitro groups is 1. The molecule has 0 radical (unpaired) electrons. The minimum atomic E-state index is -0.607. The molecule has 0 aromatic heterocycles. The number of hydrogen-bond acceptors (Lipinski definition) is 5. The van der Waals surface area contributed by atoms with Gasteiger partial charge in [0.1, 0.15) is 11.5 Å². The lowest BCUT2D eigenvalue weighted by Gasteiger charge is -2.11. The molecule has 2 aromatic carbocycles. The van der Waals surface area contributed by atoms with E-state index in [0.29, 0.717) is 11.7 Å². The number of non-ortho nitro benzene ring substituents is 1. The van der Waals surface area contributed by atoms with Crippen LogP contribution < -0.4 is 10.1 Å². The average molecular weight is 344 g/mol. The topological polar surface area (TPSA) is 102 Å². The van der Waals surface area contributed by atoms with Gasteiger partial charge in [-0.25, -0.2) is 0 Å². The number of anilines is 1. The van der Waals surface area contributed by atoms with Gasteiger partial charge in [-0.1, -0.05) is 26.0 Å². The fraction of sp³-hybridized carbons (Fsp3) is 0.278. The minimum absolute atomic E-state index is 0.0325. The first-order chi connectivity index (χ1) is 11.9. The molecule has 132 valence electrons. The molecule has 1 atom stereocenters. The number of phenolic OH excluding ortho intramolecular Hbond substituents is 1. The van der Waals surface area contributed by atoms with Gasteiger partial charge in [0.05, 0.1) is 10.6 Å². The maximum Gasteiger partial charge on any atom is 0.271 e. The molecule has 2 N–H and O–H groups in total. The molecule has 25 heavy (non-hydrogen) atoms. The second-order valence-corrected chi connectivity index (χ2v) is 5.67. The number of ether oxygens (including phenoxy) is 1. The average Bonchev–Trinajstić information content (AvgIpc) is 2.61. The Kier molecular flexibility index (Phi) is 5.94. The molecule has 0 aliphatic heterocycles. The summed E-state index contributed by atoms with van der Waals surface area (Å²) < 4.78 is 5.40. The van der Waals surface area contributed by atoms with E-state index in [1.807, 2.05) is 12.1 Å². The van der Waals surface area contributed by atoms with Gasteiger partial charge in [-0.2, -0.15) is 0 Å². The Balaban J connectivity index is 1.95. The van der Waals surface area contributed by atoms with E-state index in [1.165, 1.54) is 5.56 Å². The molecule has 0 fully saturated rings. The Labute approximate surface area is 145 Å². The fourth-order valence-electron chi connectivity index (χ4n) is 2.20. The molecular formula is C18H20N2O5. The zero-order chi connectivity index (χ0) is 18.4.